The van der Waals surface area contributed by atoms with Crippen molar-refractivity contribution in [2.45, 2.75) is 12.5 Å². The minimum absolute atomic E-state index is 0.309. The zero-order chi connectivity index (χ0) is 17.5. The van der Waals surface area contributed by atoms with E-state index in [-0.39, 0.29) is 5.91 Å². The summed E-state index contributed by atoms with van der Waals surface area (Å²) in [6.45, 7) is 4.08. The molecular formula is C21H25N3O. The molecule has 0 aliphatic carbocycles. The molecule has 0 bridgehead atoms. The SMILES string of the molecule is NC(=O)c1ccc(C(CC=Cc2ccccc2)N2CCNCC2)cc1. The molecule has 1 heterocycles. The number of piperazine rings is 1. The summed E-state index contributed by atoms with van der Waals surface area (Å²) < 4.78 is 0. The molecule has 4 heteroatoms. The molecule has 1 amide bonds. The first-order valence-corrected chi connectivity index (χ1v) is 8.80. The van der Waals surface area contributed by atoms with Gasteiger partial charge in [0.1, 0.15) is 0 Å². The van der Waals surface area contributed by atoms with Gasteiger partial charge in [-0.1, -0.05) is 54.6 Å². The van der Waals surface area contributed by atoms with E-state index in [4.69, 9.17) is 5.73 Å². The maximum Gasteiger partial charge on any atom is 0.248 e. The van der Waals surface area contributed by atoms with Crippen LogP contribution in [0.15, 0.2) is 60.7 Å². The Labute approximate surface area is 149 Å². The lowest BCUT2D eigenvalue weighted by molar-refractivity contribution is 0.1000. The Hall–Kier alpha value is -2.43. The third kappa shape index (κ3) is 4.78. The number of rotatable bonds is 6. The van der Waals surface area contributed by atoms with Crippen molar-refractivity contribution in [2.24, 2.45) is 5.73 Å². The summed E-state index contributed by atoms with van der Waals surface area (Å²) in [6.07, 6.45) is 5.35. The first-order chi connectivity index (χ1) is 12.2. The summed E-state index contributed by atoms with van der Waals surface area (Å²) in [7, 11) is 0. The summed E-state index contributed by atoms with van der Waals surface area (Å²) in [4.78, 5) is 13.8. The van der Waals surface area contributed by atoms with Crippen molar-refractivity contribution in [3.05, 3.63) is 77.4 Å². The van der Waals surface area contributed by atoms with Crippen molar-refractivity contribution in [3.63, 3.8) is 0 Å². The zero-order valence-electron chi connectivity index (χ0n) is 14.4. The van der Waals surface area contributed by atoms with E-state index >= 15 is 0 Å². The molecule has 1 unspecified atom stereocenters. The maximum atomic E-state index is 11.3. The molecule has 25 heavy (non-hydrogen) atoms. The number of carbonyl (C=O) groups excluding carboxylic acids is 1. The lowest BCUT2D eigenvalue weighted by atomic mass is 9.99. The molecule has 1 aliphatic heterocycles. The van der Waals surface area contributed by atoms with E-state index in [9.17, 15) is 4.79 Å². The lowest BCUT2D eigenvalue weighted by Crippen LogP contribution is -2.45. The molecule has 2 aromatic carbocycles. The number of nitrogens with zero attached hydrogens (tertiary/aromatic N) is 1. The molecule has 0 radical (unpaired) electrons. The van der Waals surface area contributed by atoms with Gasteiger partial charge in [0.05, 0.1) is 0 Å². The second-order valence-corrected chi connectivity index (χ2v) is 6.34. The fourth-order valence-corrected chi connectivity index (χ4v) is 3.26. The number of nitrogens with two attached hydrogens (primary N) is 1. The molecule has 2 aromatic rings. The summed E-state index contributed by atoms with van der Waals surface area (Å²) in [6, 6.07) is 18.4. The standard InChI is InChI=1S/C21H25N3O/c22-21(25)19-11-9-18(10-12-19)20(24-15-13-23-14-16-24)8-4-7-17-5-2-1-3-6-17/h1-7,9-12,20,23H,8,13-16H2,(H2,22,25). The van der Waals surface area contributed by atoms with Gasteiger partial charge in [0.25, 0.3) is 0 Å². The quantitative estimate of drug-likeness (QED) is 0.853. The van der Waals surface area contributed by atoms with E-state index in [2.05, 4.69) is 46.6 Å². The third-order valence-corrected chi connectivity index (χ3v) is 4.64. The van der Waals surface area contributed by atoms with Gasteiger partial charge in [-0.05, 0) is 29.7 Å². The van der Waals surface area contributed by atoms with E-state index in [1.165, 1.54) is 11.1 Å². The molecule has 0 spiro atoms. The Kier molecular flexibility index (Phi) is 5.99. The van der Waals surface area contributed by atoms with Gasteiger partial charge in [0.15, 0.2) is 0 Å². The predicted molar refractivity (Wildman–Crippen MR) is 102 cm³/mol. The van der Waals surface area contributed by atoms with E-state index < -0.39 is 0 Å². The largest absolute Gasteiger partial charge is 0.366 e. The first kappa shape index (κ1) is 17.4. The number of amides is 1. The van der Waals surface area contributed by atoms with Gasteiger partial charge in [-0.25, -0.2) is 0 Å². The fourth-order valence-electron chi connectivity index (χ4n) is 3.26. The highest BCUT2D eigenvalue weighted by atomic mass is 16.1. The van der Waals surface area contributed by atoms with Crippen LogP contribution in [0.1, 0.15) is 33.9 Å². The summed E-state index contributed by atoms with van der Waals surface area (Å²) in [5.74, 6) is -0.380. The number of hydrogen-bond acceptors (Lipinski definition) is 3. The normalized spacial score (nSPS) is 16.8. The highest BCUT2D eigenvalue weighted by Gasteiger charge is 2.21. The van der Waals surface area contributed by atoms with Crippen molar-refractivity contribution < 1.29 is 4.79 Å². The average Bonchev–Trinajstić information content (AvgIpc) is 2.67. The number of carbonyl (C=O) groups is 1. The summed E-state index contributed by atoms with van der Waals surface area (Å²) in [5.41, 5.74) is 8.36. The molecule has 3 rings (SSSR count). The molecule has 4 nitrogen and oxygen atoms in total. The zero-order valence-corrected chi connectivity index (χ0v) is 14.4. The van der Waals surface area contributed by atoms with Crippen LogP contribution in [-0.2, 0) is 0 Å². The van der Waals surface area contributed by atoms with Crippen molar-refractivity contribution in [2.75, 3.05) is 26.2 Å². The van der Waals surface area contributed by atoms with Crippen LogP contribution < -0.4 is 11.1 Å². The van der Waals surface area contributed by atoms with Gasteiger partial charge >= 0.3 is 0 Å². The van der Waals surface area contributed by atoms with Crippen LogP contribution in [0.5, 0.6) is 0 Å². The molecular weight excluding hydrogens is 310 g/mol. The molecule has 1 aliphatic rings. The minimum atomic E-state index is -0.380. The fraction of sp³-hybridized carbons (Fsp3) is 0.286. The van der Waals surface area contributed by atoms with Gasteiger partial charge < -0.3 is 11.1 Å². The monoisotopic (exact) mass is 335 g/mol. The number of nitrogens with one attached hydrogen (secondary N) is 1. The smallest absolute Gasteiger partial charge is 0.248 e. The minimum Gasteiger partial charge on any atom is -0.366 e. The van der Waals surface area contributed by atoms with Crippen LogP contribution in [0.4, 0.5) is 0 Å². The van der Waals surface area contributed by atoms with Crippen LogP contribution in [0.3, 0.4) is 0 Å². The van der Waals surface area contributed by atoms with Crippen LogP contribution in [0.25, 0.3) is 6.08 Å². The molecule has 130 valence electrons. The molecule has 0 saturated carbocycles. The van der Waals surface area contributed by atoms with E-state index in [0.717, 1.165) is 32.6 Å². The highest BCUT2D eigenvalue weighted by Crippen LogP contribution is 2.26. The highest BCUT2D eigenvalue weighted by molar-refractivity contribution is 5.92. The van der Waals surface area contributed by atoms with Gasteiger partial charge in [-0.2, -0.15) is 0 Å². The van der Waals surface area contributed by atoms with E-state index in [1.54, 1.807) is 0 Å². The van der Waals surface area contributed by atoms with Crippen LogP contribution in [0, 0.1) is 0 Å². The molecule has 1 fully saturated rings. The topological polar surface area (TPSA) is 58.4 Å². The first-order valence-electron chi connectivity index (χ1n) is 8.80. The average molecular weight is 335 g/mol. The maximum absolute atomic E-state index is 11.3. The van der Waals surface area contributed by atoms with Crippen molar-refractivity contribution in [1.29, 1.82) is 0 Å². The van der Waals surface area contributed by atoms with Crippen molar-refractivity contribution in [1.82, 2.24) is 10.2 Å². The van der Waals surface area contributed by atoms with Crippen molar-refractivity contribution in [3.8, 4) is 0 Å². The summed E-state index contributed by atoms with van der Waals surface area (Å²) in [5, 5.41) is 3.41. The second kappa shape index (κ2) is 8.60. The Morgan fingerprint density at radius 2 is 1.76 bits per heavy atom. The Balaban J connectivity index is 1.77. The van der Waals surface area contributed by atoms with Gasteiger partial charge in [-0.15, -0.1) is 0 Å². The molecule has 0 aromatic heterocycles. The Morgan fingerprint density at radius 3 is 2.40 bits per heavy atom. The van der Waals surface area contributed by atoms with Gasteiger partial charge in [0, 0.05) is 37.8 Å². The van der Waals surface area contributed by atoms with Crippen LogP contribution in [0.2, 0.25) is 0 Å². The number of benzene rings is 2. The van der Waals surface area contributed by atoms with E-state index in [1.807, 2.05) is 30.3 Å². The summed E-state index contributed by atoms with van der Waals surface area (Å²) >= 11 is 0. The molecule has 1 atom stereocenters. The molecule has 3 N–H and O–H groups in total. The Bertz CT molecular complexity index is 704. The van der Waals surface area contributed by atoms with E-state index in [0.29, 0.717) is 11.6 Å². The lowest BCUT2D eigenvalue weighted by Gasteiger charge is -2.35. The Morgan fingerprint density at radius 1 is 1.08 bits per heavy atom. The molecule has 1 saturated heterocycles. The predicted octanol–water partition coefficient (Wildman–Crippen LogP) is 2.84. The number of hydrogen-bond donors (Lipinski definition) is 2. The van der Waals surface area contributed by atoms with Crippen LogP contribution in [-0.4, -0.2) is 37.0 Å². The van der Waals surface area contributed by atoms with Crippen molar-refractivity contribution >= 4 is 12.0 Å². The third-order valence-electron chi connectivity index (χ3n) is 4.64. The number of primary amides is 1. The van der Waals surface area contributed by atoms with Crippen LogP contribution >= 0.6 is 0 Å². The van der Waals surface area contributed by atoms with Gasteiger partial charge in [0.2, 0.25) is 5.91 Å². The second-order valence-electron chi connectivity index (χ2n) is 6.34. The van der Waals surface area contributed by atoms with Gasteiger partial charge in [-0.3, -0.25) is 9.69 Å².